The van der Waals surface area contributed by atoms with Gasteiger partial charge >= 0.3 is 17.9 Å². The SMILES string of the molecule is CC(=O)NC1C(OCCCCC(=O)NCCCNC(=O)CCOCC(COCCC(=O)NCCCN)(COCCC(=O)NCCCN)NC(=O)CCCCCCCCCCC(=O)NCCCCCCO)OC(COC(C)=O)C(OC(C)=O)C1OC(C)=O. The number of carbonyl (C=O) groups is 10. The van der Waals surface area contributed by atoms with Crippen LogP contribution in [0.3, 0.4) is 0 Å². The average Bonchev–Trinajstić information content (AvgIpc) is 1.07. The van der Waals surface area contributed by atoms with Crippen molar-refractivity contribution in [3.8, 4) is 0 Å². The second kappa shape index (κ2) is 51.3. The first-order valence-corrected chi connectivity index (χ1v) is 31.3. The zero-order valence-electron chi connectivity index (χ0n) is 52.4. The van der Waals surface area contributed by atoms with Crippen LogP contribution in [0.25, 0.3) is 0 Å². The van der Waals surface area contributed by atoms with Crippen LogP contribution in [-0.2, 0) is 85.8 Å². The maximum absolute atomic E-state index is 13.6. The molecule has 1 fully saturated rings. The van der Waals surface area contributed by atoms with Crippen LogP contribution < -0.4 is 48.7 Å². The first-order valence-electron chi connectivity index (χ1n) is 31.3. The predicted octanol–water partition coefficient (Wildman–Crippen LogP) is 1.03. The minimum atomic E-state index is -1.26. The second-order valence-corrected chi connectivity index (χ2v) is 21.6. The topological polar surface area (TPSA) is 401 Å². The van der Waals surface area contributed by atoms with Crippen molar-refractivity contribution in [2.24, 2.45) is 11.5 Å². The molecule has 0 spiro atoms. The molecule has 0 aromatic carbocycles. The molecule has 502 valence electrons. The van der Waals surface area contributed by atoms with Crippen LogP contribution in [0.1, 0.15) is 175 Å². The summed E-state index contributed by atoms with van der Waals surface area (Å²) < 4.78 is 46.0. The lowest BCUT2D eigenvalue weighted by molar-refractivity contribution is -0.277. The minimum Gasteiger partial charge on any atom is -0.463 e. The molecule has 1 saturated heterocycles. The van der Waals surface area contributed by atoms with Crippen molar-refractivity contribution in [2.45, 2.75) is 212 Å². The summed E-state index contributed by atoms with van der Waals surface area (Å²) in [4.78, 5) is 124. The molecule has 0 aromatic rings. The van der Waals surface area contributed by atoms with Crippen molar-refractivity contribution >= 4 is 59.3 Å². The number of carbonyl (C=O) groups excluding carboxylic acids is 10. The zero-order chi connectivity index (χ0) is 64.3. The summed E-state index contributed by atoms with van der Waals surface area (Å²) in [6.45, 7) is 7.16. The molecule has 1 rings (SSSR count). The van der Waals surface area contributed by atoms with Crippen molar-refractivity contribution in [3.05, 3.63) is 0 Å². The molecule has 0 saturated carbocycles. The molecule has 28 nitrogen and oxygen atoms in total. The lowest BCUT2D eigenvalue weighted by Crippen LogP contribution is -2.66. The van der Waals surface area contributed by atoms with Crippen LogP contribution in [0.15, 0.2) is 0 Å². The molecule has 5 unspecified atom stereocenters. The highest BCUT2D eigenvalue weighted by molar-refractivity contribution is 5.78. The van der Waals surface area contributed by atoms with Gasteiger partial charge in [0.1, 0.15) is 24.3 Å². The molecule has 5 atom stereocenters. The second-order valence-electron chi connectivity index (χ2n) is 21.6. The number of nitrogens with two attached hydrogens (primary N) is 2. The van der Waals surface area contributed by atoms with Gasteiger partial charge in [-0.1, -0.05) is 51.4 Å². The lowest BCUT2D eigenvalue weighted by Gasteiger charge is -2.44. The molecule has 1 heterocycles. The Bertz CT molecular complexity index is 1940. The molecule has 12 N–H and O–H groups in total. The highest BCUT2D eigenvalue weighted by Crippen LogP contribution is 2.28. The molecule has 0 bridgehead atoms. The Balaban J connectivity index is 2.77. The third kappa shape index (κ3) is 42.8. The number of unbranched alkanes of at least 4 members (excludes halogenated alkanes) is 11. The van der Waals surface area contributed by atoms with Gasteiger partial charge in [-0.2, -0.15) is 0 Å². The molecule has 1 aliphatic rings. The van der Waals surface area contributed by atoms with Crippen molar-refractivity contribution in [1.82, 2.24) is 37.2 Å². The Labute approximate surface area is 514 Å². The van der Waals surface area contributed by atoms with E-state index in [1.54, 1.807) is 0 Å². The Morgan fingerprint density at radius 2 is 0.851 bits per heavy atom. The number of ether oxygens (including phenoxy) is 8. The number of nitrogens with one attached hydrogen (secondary N) is 7. The third-order valence-electron chi connectivity index (χ3n) is 13.5. The molecule has 0 radical (unpaired) electrons. The van der Waals surface area contributed by atoms with Crippen molar-refractivity contribution in [2.75, 3.05) is 105 Å². The van der Waals surface area contributed by atoms with E-state index in [0.717, 1.165) is 84.5 Å². The summed E-state index contributed by atoms with van der Waals surface area (Å²) in [6, 6.07) is -1.12. The van der Waals surface area contributed by atoms with E-state index in [1.807, 2.05) is 0 Å². The largest absolute Gasteiger partial charge is 0.463 e. The lowest BCUT2D eigenvalue weighted by atomic mass is 9.96. The number of aliphatic hydroxyl groups excluding tert-OH is 1. The van der Waals surface area contributed by atoms with Gasteiger partial charge in [0.15, 0.2) is 18.5 Å². The summed E-state index contributed by atoms with van der Waals surface area (Å²) in [5.41, 5.74) is 9.86. The average molecular weight is 1250 g/mol. The normalized spacial score (nSPS) is 16.4. The van der Waals surface area contributed by atoms with Crippen LogP contribution in [0, 0.1) is 0 Å². The quantitative estimate of drug-likeness (QED) is 0.0231. The maximum Gasteiger partial charge on any atom is 0.303 e. The Morgan fingerprint density at radius 1 is 0.448 bits per heavy atom. The molecule has 7 amide bonds. The number of aliphatic hydroxyl groups is 1. The van der Waals surface area contributed by atoms with Crippen LogP contribution >= 0.6 is 0 Å². The molecule has 0 aliphatic carbocycles. The van der Waals surface area contributed by atoms with Gasteiger partial charge in [-0.3, -0.25) is 47.9 Å². The van der Waals surface area contributed by atoms with Gasteiger partial charge in [0.05, 0.1) is 39.6 Å². The summed E-state index contributed by atoms with van der Waals surface area (Å²) >= 11 is 0. The highest BCUT2D eigenvalue weighted by atomic mass is 16.7. The monoisotopic (exact) mass is 1250 g/mol. The van der Waals surface area contributed by atoms with Gasteiger partial charge in [0.25, 0.3) is 0 Å². The van der Waals surface area contributed by atoms with Gasteiger partial charge in [-0.15, -0.1) is 0 Å². The Morgan fingerprint density at radius 3 is 1.30 bits per heavy atom. The highest BCUT2D eigenvalue weighted by Gasteiger charge is 2.51. The number of hydrogen-bond acceptors (Lipinski definition) is 21. The Hall–Kier alpha value is -5.62. The summed E-state index contributed by atoms with van der Waals surface area (Å²) in [6.07, 6.45) is 9.44. The van der Waals surface area contributed by atoms with Gasteiger partial charge in [0.2, 0.25) is 41.4 Å². The van der Waals surface area contributed by atoms with E-state index >= 15 is 0 Å². The first kappa shape index (κ1) is 79.4. The predicted molar refractivity (Wildman–Crippen MR) is 320 cm³/mol. The van der Waals surface area contributed by atoms with E-state index in [1.165, 1.54) is 13.8 Å². The van der Waals surface area contributed by atoms with Crippen LogP contribution in [0.2, 0.25) is 0 Å². The van der Waals surface area contributed by atoms with Gasteiger partial charge in [-0.25, -0.2) is 0 Å². The van der Waals surface area contributed by atoms with Gasteiger partial charge in [-0.05, 0) is 70.9 Å². The first-order chi connectivity index (χ1) is 41.8. The van der Waals surface area contributed by atoms with Crippen molar-refractivity contribution in [1.29, 1.82) is 0 Å². The maximum atomic E-state index is 13.6. The number of rotatable bonds is 54. The minimum absolute atomic E-state index is 0.0265. The summed E-state index contributed by atoms with van der Waals surface area (Å²) in [5, 5.41) is 28.8. The third-order valence-corrected chi connectivity index (χ3v) is 13.5. The zero-order valence-corrected chi connectivity index (χ0v) is 52.4. The van der Waals surface area contributed by atoms with E-state index in [0.29, 0.717) is 77.7 Å². The standard InChI is InChI=1S/C59H107N9O19/c1-44(70)67-55-57(86-47(4)73)56(85-46(3)72)48(40-84-45(2)71)87-58(55)83-36-18-15-23-50(75)65-33-21-34-66-53(78)27-39-82-43-59(41-80-37-25-51(76)63-31-19-28-60,42-81-38-26-52(77)64-32-20-29-61)68-54(79)24-14-10-8-6-5-7-9-13-22-49(74)62-30-16-11-12-17-35-69/h48,55-58,69H,5-43,60-61H2,1-4H3,(H,62,74)(H,63,76)(H,64,77)(H,65,75)(H,66,78)(H,67,70)(H,68,79). The van der Waals surface area contributed by atoms with Gasteiger partial charge in [0, 0.05) is 112 Å². The summed E-state index contributed by atoms with van der Waals surface area (Å²) in [5.74, 6) is -3.82. The fourth-order valence-corrected chi connectivity index (χ4v) is 9.00. The van der Waals surface area contributed by atoms with Gasteiger partial charge < -0.3 is 91.7 Å². The number of amides is 7. The smallest absolute Gasteiger partial charge is 0.303 e. The van der Waals surface area contributed by atoms with Crippen LogP contribution in [0.4, 0.5) is 0 Å². The van der Waals surface area contributed by atoms with E-state index < -0.39 is 60.0 Å². The molecule has 0 aromatic heterocycles. The fraction of sp³-hybridized carbons (Fsp3) is 0.831. The fourth-order valence-electron chi connectivity index (χ4n) is 9.00. The summed E-state index contributed by atoms with van der Waals surface area (Å²) in [7, 11) is 0. The number of hydrogen-bond donors (Lipinski definition) is 10. The molecule has 87 heavy (non-hydrogen) atoms. The van der Waals surface area contributed by atoms with E-state index in [2.05, 4.69) is 37.2 Å². The van der Waals surface area contributed by atoms with Crippen molar-refractivity contribution < 1.29 is 90.9 Å². The molecular formula is C59H107N9O19. The molecule has 1 aliphatic heterocycles. The van der Waals surface area contributed by atoms with E-state index in [4.69, 9.17) is 54.5 Å². The van der Waals surface area contributed by atoms with E-state index in [9.17, 15) is 47.9 Å². The van der Waals surface area contributed by atoms with E-state index in [-0.39, 0.29) is 140 Å². The Kier molecular flexibility index (Phi) is 46.8. The van der Waals surface area contributed by atoms with Crippen molar-refractivity contribution in [3.63, 3.8) is 0 Å². The number of esters is 3. The van der Waals surface area contributed by atoms with Crippen LogP contribution in [0.5, 0.6) is 0 Å². The molecular weight excluding hydrogens is 1140 g/mol. The van der Waals surface area contributed by atoms with Crippen LogP contribution in [-0.4, -0.2) is 206 Å². The molecule has 28 heteroatoms.